The van der Waals surface area contributed by atoms with E-state index in [1.807, 2.05) is 24.3 Å². The van der Waals surface area contributed by atoms with Crippen molar-refractivity contribution < 1.29 is 18.7 Å². The maximum atomic E-state index is 13.3. The molecule has 0 saturated heterocycles. The second-order valence-electron chi connectivity index (χ2n) is 7.18. The Morgan fingerprint density at radius 2 is 1.79 bits per heavy atom. The number of rotatable bonds is 5. The fourth-order valence-corrected chi connectivity index (χ4v) is 3.77. The molecule has 150 valence electrons. The molecule has 0 radical (unpaired) electrons. The summed E-state index contributed by atoms with van der Waals surface area (Å²) >= 11 is 0. The maximum absolute atomic E-state index is 13.3. The molecular weight excluding hydrogens is 373 g/mol. The van der Waals surface area contributed by atoms with Gasteiger partial charge in [-0.2, -0.15) is 0 Å². The van der Waals surface area contributed by atoms with Crippen molar-refractivity contribution in [3.63, 3.8) is 0 Å². The quantitative estimate of drug-likeness (QED) is 0.847. The van der Waals surface area contributed by atoms with Gasteiger partial charge >= 0.3 is 6.03 Å². The molecule has 3 amide bonds. The number of halogens is 1. The molecule has 29 heavy (non-hydrogen) atoms. The smallest absolute Gasteiger partial charge is 0.322 e. The van der Waals surface area contributed by atoms with E-state index in [0.29, 0.717) is 36.3 Å². The summed E-state index contributed by atoms with van der Waals surface area (Å²) in [4.78, 5) is 28.8. The van der Waals surface area contributed by atoms with Gasteiger partial charge in [-0.25, -0.2) is 9.18 Å². The van der Waals surface area contributed by atoms with Gasteiger partial charge in [-0.3, -0.25) is 9.69 Å². The summed E-state index contributed by atoms with van der Waals surface area (Å²) in [6.45, 7) is 0.919. The van der Waals surface area contributed by atoms with Gasteiger partial charge in [0.05, 0.1) is 31.0 Å². The SMILES string of the molecule is COc1ccc(CCN2CC3=C(C2=O)[C@@H](c2ccc(F)cc2)NC(=O)N3C)cc1. The highest BCUT2D eigenvalue weighted by atomic mass is 19.1. The van der Waals surface area contributed by atoms with Crippen molar-refractivity contribution in [2.24, 2.45) is 0 Å². The molecule has 1 atom stereocenters. The number of urea groups is 1. The standard InChI is InChI=1S/C22H22FN3O3/c1-25-18-13-26(12-11-14-3-9-17(29-2)10-4-14)21(27)19(18)20(24-22(25)28)15-5-7-16(23)8-6-15/h3-10,20H,11-13H2,1-2H3,(H,24,28)/t20-/m1/s1. The zero-order valence-electron chi connectivity index (χ0n) is 16.3. The highest BCUT2D eigenvalue weighted by Gasteiger charge is 2.42. The van der Waals surface area contributed by atoms with Crippen LogP contribution in [0.3, 0.4) is 0 Å². The molecule has 2 heterocycles. The lowest BCUT2D eigenvalue weighted by Gasteiger charge is -2.31. The monoisotopic (exact) mass is 395 g/mol. The molecule has 4 rings (SSSR count). The second kappa shape index (κ2) is 7.58. The first-order chi connectivity index (χ1) is 14.0. The summed E-state index contributed by atoms with van der Waals surface area (Å²) in [5, 5.41) is 2.86. The Morgan fingerprint density at radius 3 is 2.45 bits per heavy atom. The predicted octanol–water partition coefficient (Wildman–Crippen LogP) is 2.87. The zero-order valence-corrected chi connectivity index (χ0v) is 16.3. The summed E-state index contributed by atoms with van der Waals surface area (Å²) in [5.74, 6) is 0.326. The summed E-state index contributed by atoms with van der Waals surface area (Å²) in [6.07, 6.45) is 0.697. The van der Waals surface area contributed by atoms with E-state index < -0.39 is 6.04 Å². The van der Waals surface area contributed by atoms with Gasteiger partial charge in [0.2, 0.25) is 0 Å². The van der Waals surface area contributed by atoms with Crippen LogP contribution in [0.4, 0.5) is 9.18 Å². The summed E-state index contributed by atoms with van der Waals surface area (Å²) in [7, 11) is 3.28. The van der Waals surface area contributed by atoms with E-state index >= 15 is 0 Å². The van der Waals surface area contributed by atoms with Crippen LogP contribution in [0.25, 0.3) is 0 Å². The number of hydrogen-bond donors (Lipinski definition) is 1. The molecule has 2 aliphatic rings. The fraction of sp³-hybridized carbons (Fsp3) is 0.273. The number of benzene rings is 2. The average Bonchev–Trinajstić information content (AvgIpc) is 3.07. The van der Waals surface area contributed by atoms with Crippen molar-refractivity contribution >= 4 is 11.9 Å². The lowest BCUT2D eigenvalue weighted by Crippen LogP contribution is -2.45. The van der Waals surface area contributed by atoms with Gasteiger partial charge in [-0.15, -0.1) is 0 Å². The molecule has 2 aromatic carbocycles. The number of ether oxygens (including phenoxy) is 1. The van der Waals surface area contributed by atoms with Crippen LogP contribution in [0.15, 0.2) is 59.8 Å². The van der Waals surface area contributed by atoms with Crippen molar-refractivity contribution in [1.82, 2.24) is 15.1 Å². The second-order valence-corrected chi connectivity index (χ2v) is 7.18. The number of carbonyl (C=O) groups is 2. The topological polar surface area (TPSA) is 61.9 Å². The number of carbonyl (C=O) groups excluding carboxylic acids is 2. The number of nitrogens with zero attached hydrogens (tertiary/aromatic N) is 2. The van der Waals surface area contributed by atoms with Crippen LogP contribution in [0.1, 0.15) is 17.2 Å². The molecule has 0 saturated carbocycles. The number of hydrogen-bond acceptors (Lipinski definition) is 3. The first kappa shape index (κ1) is 19.0. The Labute approximate surface area is 168 Å². The van der Waals surface area contributed by atoms with E-state index in [1.165, 1.54) is 17.0 Å². The van der Waals surface area contributed by atoms with Gasteiger partial charge < -0.3 is 15.0 Å². The van der Waals surface area contributed by atoms with E-state index in [0.717, 1.165) is 11.3 Å². The molecule has 0 fully saturated rings. The fourth-order valence-electron chi connectivity index (χ4n) is 3.77. The summed E-state index contributed by atoms with van der Waals surface area (Å²) in [5.41, 5.74) is 3.03. The highest BCUT2D eigenvalue weighted by Crippen LogP contribution is 2.35. The molecular formula is C22H22FN3O3. The van der Waals surface area contributed by atoms with E-state index in [4.69, 9.17) is 4.74 Å². The lowest BCUT2D eigenvalue weighted by atomic mass is 9.96. The van der Waals surface area contributed by atoms with Gasteiger partial charge in [0.15, 0.2) is 0 Å². The first-order valence-corrected chi connectivity index (χ1v) is 9.43. The van der Waals surface area contributed by atoms with E-state index in [1.54, 1.807) is 31.2 Å². The molecule has 0 bridgehead atoms. The molecule has 0 spiro atoms. The van der Waals surface area contributed by atoms with Gasteiger partial charge in [0, 0.05) is 13.6 Å². The Balaban J connectivity index is 1.54. The van der Waals surface area contributed by atoms with Crippen molar-refractivity contribution in [1.29, 1.82) is 0 Å². The Kier molecular flexibility index (Phi) is 4.96. The molecule has 0 aliphatic carbocycles. The zero-order chi connectivity index (χ0) is 20.5. The third kappa shape index (κ3) is 3.55. The molecule has 2 aromatic rings. The molecule has 0 unspecified atom stereocenters. The Hall–Kier alpha value is -3.35. The van der Waals surface area contributed by atoms with Crippen LogP contribution in [0, 0.1) is 5.82 Å². The van der Waals surface area contributed by atoms with Crippen molar-refractivity contribution in [2.45, 2.75) is 12.5 Å². The highest BCUT2D eigenvalue weighted by molar-refractivity contribution is 6.01. The van der Waals surface area contributed by atoms with Crippen LogP contribution in [-0.2, 0) is 11.2 Å². The molecule has 7 heteroatoms. The van der Waals surface area contributed by atoms with Crippen LogP contribution in [0.2, 0.25) is 0 Å². The minimum Gasteiger partial charge on any atom is -0.497 e. The largest absolute Gasteiger partial charge is 0.497 e. The van der Waals surface area contributed by atoms with Crippen molar-refractivity contribution in [3.8, 4) is 5.75 Å². The normalized spacial score (nSPS) is 18.8. The third-order valence-corrected chi connectivity index (χ3v) is 5.47. The molecule has 1 N–H and O–H groups in total. The van der Waals surface area contributed by atoms with Crippen molar-refractivity contribution in [2.75, 3.05) is 27.2 Å². The van der Waals surface area contributed by atoms with E-state index in [9.17, 15) is 14.0 Å². The van der Waals surface area contributed by atoms with Crippen LogP contribution >= 0.6 is 0 Å². The van der Waals surface area contributed by atoms with Gasteiger partial charge in [-0.05, 0) is 41.8 Å². The van der Waals surface area contributed by atoms with Crippen LogP contribution < -0.4 is 10.1 Å². The van der Waals surface area contributed by atoms with Gasteiger partial charge in [-0.1, -0.05) is 24.3 Å². The maximum Gasteiger partial charge on any atom is 0.322 e. The van der Waals surface area contributed by atoms with E-state index in [-0.39, 0.29) is 17.8 Å². The number of methoxy groups -OCH3 is 1. The van der Waals surface area contributed by atoms with Crippen LogP contribution in [0.5, 0.6) is 5.75 Å². The Bertz CT molecular complexity index is 970. The van der Waals surface area contributed by atoms with Crippen molar-refractivity contribution in [3.05, 3.63) is 76.7 Å². The average molecular weight is 395 g/mol. The van der Waals surface area contributed by atoms with E-state index in [2.05, 4.69) is 5.32 Å². The van der Waals surface area contributed by atoms with Gasteiger partial charge in [0.25, 0.3) is 5.91 Å². The lowest BCUT2D eigenvalue weighted by molar-refractivity contribution is -0.125. The number of nitrogens with one attached hydrogen (secondary N) is 1. The molecule has 6 nitrogen and oxygen atoms in total. The predicted molar refractivity (Wildman–Crippen MR) is 106 cm³/mol. The van der Waals surface area contributed by atoms with Gasteiger partial charge in [0.1, 0.15) is 11.6 Å². The molecule has 0 aromatic heterocycles. The summed E-state index contributed by atoms with van der Waals surface area (Å²) < 4.78 is 18.5. The molecule has 2 aliphatic heterocycles. The number of likely N-dealkylation sites (N-methyl/N-ethyl adjacent to an activating group) is 1. The minimum absolute atomic E-state index is 0.102. The third-order valence-electron chi connectivity index (χ3n) is 5.47. The summed E-state index contributed by atoms with van der Waals surface area (Å²) in [6, 6.07) is 12.8. The van der Waals surface area contributed by atoms with Crippen LogP contribution in [-0.4, -0.2) is 49.0 Å². The Morgan fingerprint density at radius 1 is 1.10 bits per heavy atom. The minimum atomic E-state index is -0.576. The first-order valence-electron chi connectivity index (χ1n) is 9.43. The number of amides is 3.